The summed E-state index contributed by atoms with van der Waals surface area (Å²) in [6.07, 6.45) is 0.928. The molecular weight excluding hydrogens is 228 g/mol. The van der Waals surface area contributed by atoms with Gasteiger partial charge < -0.3 is 15.4 Å². The SMILES string of the molecule is CC1(C)CC1CNC(=O)C1CNCCO1.Cl. The molecule has 1 amide bonds. The maximum absolute atomic E-state index is 11.7. The number of carbonyl (C=O) groups is 1. The van der Waals surface area contributed by atoms with E-state index in [4.69, 9.17) is 4.74 Å². The Balaban J connectivity index is 0.00000128. The summed E-state index contributed by atoms with van der Waals surface area (Å²) in [5, 5.41) is 6.12. The van der Waals surface area contributed by atoms with Crippen molar-refractivity contribution < 1.29 is 9.53 Å². The Labute approximate surface area is 103 Å². The normalized spacial score (nSPS) is 31.4. The molecule has 4 nitrogen and oxygen atoms in total. The summed E-state index contributed by atoms with van der Waals surface area (Å²) in [4.78, 5) is 11.7. The van der Waals surface area contributed by atoms with Crippen molar-refractivity contribution in [3.05, 3.63) is 0 Å². The average molecular weight is 249 g/mol. The summed E-state index contributed by atoms with van der Waals surface area (Å²) >= 11 is 0. The van der Waals surface area contributed by atoms with E-state index in [1.165, 1.54) is 6.42 Å². The fourth-order valence-electron chi connectivity index (χ4n) is 2.00. The molecule has 1 aliphatic heterocycles. The van der Waals surface area contributed by atoms with Crippen molar-refractivity contribution in [3.63, 3.8) is 0 Å². The van der Waals surface area contributed by atoms with Gasteiger partial charge in [0, 0.05) is 19.6 Å². The number of nitrogens with one attached hydrogen (secondary N) is 2. The first-order chi connectivity index (χ1) is 7.09. The summed E-state index contributed by atoms with van der Waals surface area (Å²) in [6.45, 7) is 7.39. The number of rotatable bonds is 3. The fraction of sp³-hybridized carbons (Fsp3) is 0.909. The highest BCUT2D eigenvalue weighted by molar-refractivity contribution is 5.85. The van der Waals surface area contributed by atoms with Crippen molar-refractivity contribution in [2.75, 3.05) is 26.2 Å². The summed E-state index contributed by atoms with van der Waals surface area (Å²) < 4.78 is 5.37. The lowest BCUT2D eigenvalue weighted by molar-refractivity contribution is -0.134. The van der Waals surface area contributed by atoms with Crippen molar-refractivity contribution in [2.24, 2.45) is 11.3 Å². The number of carbonyl (C=O) groups excluding carboxylic acids is 1. The maximum Gasteiger partial charge on any atom is 0.250 e. The topological polar surface area (TPSA) is 50.4 Å². The van der Waals surface area contributed by atoms with E-state index >= 15 is 0 Å². The summed E-state index contributed by atoms with van der Waals surface area (Å²) in [5.41, 5.74) is 0.430. The van der Waals surface area contributed by atoms with Gasteiger partial charge in [-0.25, -0.2) is 0 Å². The zero-order valence-corrected chi connectivity index (χ0v) is 10.7. The molecule has 2 atom stereocenters. The molecule has 0 spiro atoms. The Morgan fingerprint density at radius 1 is 1.56 bits per heavy atom. The third-order valence-corrected chi connectivity index (χ3v) is 3.46. The van der Waals surface area contributed by atoms with Gasteiger partial charge in [0.15, 0.2) is 0 Å². The first-order valence-electron chi connectivity index (χ1n) is 5.69. The van der Waals surface area contributed by atoms with Gasteiger partial charge in [0.1, 0.15) is 6.10 Å². The number of amides is 1. The first kappa shape index (κ1) is 13.7. The van der Waals surface area contributed by atoms with Gasteiger partial charge >= 0.3 is 0 Å². The van der Waals surface area contributed by atoms with Gasteiger partial charge in [-0.05, 0) is 17.8 Å². The molecule has 1 aliphatic carbocycles. The molecule has 1 heterocycles. The van der Waals surface area contributed by atoms with E-state index in [1.54, 1.807) is 0 Å². The van der Waals surface area contributed by atoms with E-state index in [0.29, 0.717) is 24.5 Å². The quantitative estimate of drug-likeness (QED) is 0.768. The smallest absolute Gasteiger partial charge is 0.250 e. The van der Waals surface area contributed by atoms with Crippen LogP contribution in [-0.4, -0.2) is 38.3 Å². The maximum atomic E-state index is 11.7. The minimum absolute atomic E-state index is 0. The average Bonchev–Trinajstić information content (AvgIpc) is 2.84. The van der Waals surface area contributed by atoms with Gasteiger partial charge in [-0.15, -0.1) is 12.4 Å². The standard InChI is InChI=1S/C11H20N2O2.ClH/c1-11(2)5-8(11)6-13-10(14)9-7-12-3-4-15-9;/h8-9,12H,3-7H2,1-2H3,(H,13,14);1H. The molecule has 0 aromatic carbocycles. The lowest BCUT2D eigenvalue weighted by Gasteiger charge is -2.22. The van der Waals surface area contributed by atoms with Crippen LogP contribution in [0.2, 0.25) is 0 Å². The highest BCUT2D eigenvalue weighted by Gasteiger charge is 2.45. The van der Waals surface area contributed by atoms with Gasteiger partial charge in [0.25, 0.3) is 0 Å². The third-order valence-electron chi connectivity index (χ3n) is 3.46. The van der Waals surface area contributed by atoms with Crippen LogP contribution in [0.15, 0.2) is 0 Å². The number of morpholine rings is 1. The van der Waals surface area contributed by atoms with Crippen LogP contribution in [0, 0.1) is 11.3 Å². The van der Waals surface area contributed by atoms with Crippen LogP contribution in [0.1, 0.15) is 20.3 Å². The van der Waals surface area contributed by atoms with E-state index in [9.17, 15) is 4.79 Å². The van der Waals surface area contributed by atoms with Crippen LogP contribution >= 0.6 is 12.4 Å². The van der Waals surface area contributed by atoms with Crippen molar-refractivity contribution in [1.82, 2.24) is 10.6 Å². The Hall–Kier alpha value is -0.320. The van der Waals surface area contributed by atoms with E-state index in [2.05, 4.69) is 24.5 Å². The molecule has 94 valence electrons. The molecule has 0 aromatic rings. The fourth-order valence-corrected chi connectivity index (χ4v) is 2.00. The molecule has 1 saturated carbocycles. The molecule has 2 N–H and O–H groups in total. The van der Waals surface area contributed by atoms with Crippen LogP contribution in [0.5, 0.6) is 0 Å². The van der Waals surface area contributed by atoms with Crippen molar-refractivity contribution in [1.29, 1.82) is 0 Å². The van der Waals surface area contributed by atoms with Gasteiger partial charge in [-0.2, -0.15) is 0 Å². The first-order valence-corrected chi connectivity index (χ1v) is 5.69. The molecule has 16 heavy (non-hydrogen) atoms. The van der Waals surface area contributed by atoms with Gasteiger partial charge in [-0.3, -0.25) is 4.79 Å². The summed E-state index contributed by atoms with van der Waals surface area (Å²) in [6, 6.07) is 0. The number of ether oxygens (including phenoxy) is 1. The van der Waals surface area contributed by atoms with E-state index in [-0.39, 0.29) is 24.4 Å². The predicted octanol–water partition coefficient (Wildman–Crippen LogP) is 0.559. The van der Waals surface area contributed by atoms with Gasteiger partial charge in [0.05, 0.1) is 6.61 Å². The van der Waals surface area contributed by atoms with Crippen LogP contribution < -0.4 is 10.6 Å². The lowest BCUT2D eigenvalue weighted by atomic mass is 10.1. The Morgan fingerprint density at radius 3 is 2.75 bits per heavy atom. The predicted molar refractivity (Wildman–Crippen MR) is 64.8 cm³/mol. The highest BCUT2D eigenvalue weighted by atomic mass is 35.5. The molecule has 1 saturated heterocycles. The Bertz CT molecular complexity index is 252. The molecule has 0 radical (unpaired) electrons. The van der Waals surface area contributed by atoms with Gasteiger partial charge in [-0.1, -0.05) is 13.8 Å². The van der Waals surface area contributed by atoms with Crippen molar-refractivity contribution in [3.8, 4) is 0 Å². The highest BCUT2D eigenvalue weighted by Crippen LogP contribution is 2.50. The molecule has 2 unspecified atom stereocenters. The molecular formula is C11H21ClN2O2. The summed E-state index contributed by atoms with van der Waals surface area (Å²) in [5.74, 6) is 0.683. The van der Waals surface area contributed by atoms with Crippen molar-refractivity contribution in [2.45, 2.75) is 26.4 Å². The largest absolute Gasteiger partial charge is 0.366 e. The molecule has 2 aliphatic rings. The number of hydrogen-bond donors (Lipinski definition) is 2. The van der Waals surface area contributed by atoms with Crippen LogP contribution in [0.3, 0.4) is 0 Å². The zero-order chi connectivity index (χ0) is 10.9. The van der Waals surface area contributed by atoms with E-state index in [1.807, 2.05) is 0 Å². The van der Waals surface area contributed by atoms with Crippen molar-refractivity contribution >= 4 is 18.3 Å². The molecule has 2 fully saturated rings. The van der Waals surface area contributed by atoms with E-state index in [0.717, 1.165) is 13.1 Å². The Morgan fingerprint density at radius 2 is 2.25 bits per heavy atom. The third kappa shape index (κ3) is 3.34. The molecule has 0 aromatic heterocycles. The number of hydrogen-bond acceptors (Lipinski definition) is 3. The zero-order valence-electron chi connectivity index (χ0n) is 9.91. The second-order valence-corrected chi connectivity index (χ2v) is 5.20. The molecule has 2 rings (SSSR count). The van der Waals surface area contributed by atoms with Crippen LogP contribution in [0.25, 0.3) is 0 Å². The Kier molecular flexibility index (Phi) is 4.59. The second kappa shape index (κ2) is 5.34. The van der Waals surface area contributed by atoms with Gasteiger partial charge in [0.2, 0.25) is 5.91 Å². The monoisotopic (exact) mass is 248 g/mol. The minimum atomic E-state index is -0.291. The minimum Gasteiger partial charge on any atom is -0.366 e. The lowest BCUT2D eigenvalue weighted by Crippen LogP contribution is -2.48. The number of halogens is 1. The van der Waals surface area contributed by atoms with E-state index < -0.39 is 0 Å². The molecule has 5 heteroatoms. The second-order valence-electron chi connectivity index (χ2n) is 5.20. The van der Waals surface area contributed by atoms with Crippen LogP contribution in [0.4, 0.5) is 0 Å². The van der Waals surface area contributed by atoms with Crippen LogP contribution in [-0.2, 0) is 9.53 Å². The summed E-state index contributed by atoms with van der Waals surface area (Å²) in [7, 11) is 0. The molecule has 0 bridgehead atoms.